The van der Waals surface area contributed by atoms with E-state index in [1.54, 1.807) is 31.4 Å². The van der Waals surface area contributed by atoms with E-state index in [9.17, 15) is 9.59 Å². The molecule has 2 aliphatic rings. The lowest BCUT2D eigenvalue weighted by atomic mass is 9.96. The Morgan fingerprint density at radius 1 is 1.06 bits per heavy atom. The topological polar surface area (TPSA) is 73.9 Å². The van der Waals surface area contributed by atoms with E-state index in [1.165, 1.54) is 16.0 Å². The first kappa shape index (κ1) is 21.4. The van der Waals surface area contributed by atoms with E-state index < -0.39 is 6.04 Å². The summed E-state index contributed by atoms with van der Waals surface area (Å²) in [6.07, 6.45) is 1.22. The van der Waals surface area contributed by atoms with Crippen LogP contribution in [0.25, 0.3) is 0 Å². The number of likely N-dealkylation sites (N-methyl/N-ethyl adjacent to an activating group) is 1. The van der Waals surface area contributed by atoms with Crippen LogP contribution in [0.5, 0.6) is 0 Å². The lowest BCUT2D eigenvalue weighted by molar-refractivity contribution is -0.119. The molecular formula is C23H27BN4O3. The zero-order chi connectivity index (χ0) is 22.0. The highest BCUT2D eigenvalue weighted by molar-refractivity contribution is 6.32. The molecule has 1 fully saturated rings. The zero-order valence-electron chi connectivity index (χ0n) is 17.9. The van der Waals surface area contributed by atoms with Crippen molar-refractivity contribution in [1.82, 2.24) is 9.80 Å². The molecule has 3 amide bonds. The molecule has 2 heterocycles. The molecule has 2 atom stereocenters. The number of likely N-dealkylation sites (tertiary alicyclic amines) is 1. The summed E-state index contributed by atoms with van der Waals surface area (Å²) in [6, 6.07) is 12.0. The molecule has 2 aliphatic heterocycles. The number of anilines is 2. The van der Waals surface area contributed by atoms with E-state index >= 15 is 0 Å². The fourth-order valence-corrected chi connectivity index (χ4v) is 4.20. The maximum absolute atomic E-state index is 13.1. The number of benzene rings is 2. The highest BCUT2D eigenvalue weighted by Gasteiger charge is 2.40. The maximum atomic E-state index is 13.1. The predicted molar refractivity (Wildman–Crippen MR) is 122 cm³/mol. The van der Waals surface area contributed by atoms with Gasteiger partial charge in [-0.3, -0.25) is 4.79 Å². The molecule has 8 heteroatoms. The molecule has 0 saturated carbocycles. The number of nitrogens with zero attached hydrogens (tertiary/aromatic N) is 2. The van der Waals surface area contributed by atoms with Gasteiger partial charge in [-0.15, -0.1) is 0 Å². The summed E-state index contributed by atoms with van der Waals surface area (Å²) in [5.41, 5.74) is 4.55. The first-order chi connectivity index (χ1) is 14.9. The number of carbonyl (C=O) groups excluding carboxylic acids is 2. The molecule has 160 valence electrons. The second kappa shape index (κ2) is 9.12. The van der Waals surface area contributed by atoms with Crippen molar-refractivity contribution in [1.29, 1.82) is 0 Å². The van der Waals surface area contributed by atoms with Crippen LogP contribution >= 0.6 is 0 Å². The molecule has 1 unspecified atom stereocenters. The van der Waals surface area contributed by atoms with Crippen LogP contribution in [0.1, 0.15) is 17.5 Å². The third kappa shape index (κ3) is 4.91. The molecule has 4 rings (SSSR count). The number of rotatable bonds is 4. The Morgan fingerprint density at radius 2 is 1.81 bits per heavy atom. The molecular weight excluding hydrogens is 391 g/mol. The van der Waals surface area contributed by atoms with Gasteiger partial charge in [-0.25, -0.2) is 4.79 Å². The summed E-state index contributed by atoms with van der Waals surface area (Å²) >= 11 is 0. The van der Waals surface area contributed by atoms with Crippen molar-refractivity contribution in [3.8, 4) is 0 Å². The summed E-state index contributed by atoms with van der Waals surface area (Å²) in [5, 5.41) is 5.84. The average molecular weight is 418 g/mol. The van der Waals surface area contributed by atoms with E-state index in [2.05, 4.69) is 28.6 Å². The molecule has 7 nitrogen and oxygen atoms in total. The van der Waals surface area contributed by atoms with Crippen molar-refractivity contribution in [2.45, 2.75) is 31.5 Å². The van der Waals surface area contributed by atoms with Crippen LogP contribution in [0, 0.1) is 0 Å². The van der Waals surface area contributed by atoms with Crippen molar-refractivity contribution in [2.24, 2.45) is 0 Å². The average Bonchev–Trinajstić information content (AvgIpc) is 3.20. The van der Waals surface area contributed by atoms with E-state index in [0.29, 0.717) is 24.1 Å². The van der Waals surface area contributed by atoms with Crippen LogP contribution in [0.4, 0.5) is 16.2 Å². The Bertz CT molecular complexity index is 966. The molecule has 31 heavy (non-hydrogen) atoms. The van der Waals surface area contributed by atoms with Gasteiger partial charge in [0.25, 0.3) is 0 Å². The number of methoxy groups -OCH3 is 1. The highest BCUT2D eigenvalue weighted by Crippen LogP contribution is 2.25. The van der Waals surface area contributed by atoms with Gasteiger partial charge in [0.05, 0.1) is 6.10 Å². The van der Waals surface area contributed by atoms with E-state index in [4.69, 9.17) is 12.6 Å². The molecule has 0 aromatic heterocycles. The quantitative estimate of drug-likeness (QED) is 0.742. The number of hydrogen-bond donors (Lipinski definition) is 2. The van der Waals surface area contributed by atoms with Gasteiger partial charge in [0.2, 0.25) is 5.91 Å². The third-order valence-corrected chi connectivity index (χ3v) is 6.00. The van der Waals surface area contributed by atoms with Crippen molar-refractivity contribution in [3.05, 3.63) is 53.6 Å². The first-order valence-electron chi connectivity index (χ1n) is 10.5. The van der Waals surface area contributed by atoms with Crippen molar-refractivity contribution < 1.29 is 14.3 Å². The van der Waals surface area contributed by atoms with Gasteiger partial charge in [-0.1, -0.05) is 23.7 Å². The molecule has 2 N–H and O–H groups in total. The number of hydrogen-bond acceptors (Lipinski definition) is 4. The minimum atomic E-state index is -0.610. The van der Waals surface area contributed by atoms with E-state index in [1.807, 2.05) is 12.1 Å². The zero-order valence-corrected chi connectivity index (χ0v) is 17.9. The standard InChI is InChI=1S/C23H27BN4O3/c1-27-10-9-15-11-19(6-3-16(15)13-27)25-22(29)21-12-20(31-2)14-28(21)23(30)26-18-7-4-17(24)5-8-18/h3-8,11,20-21H,9-10,12-14H2,1-2H3,(H,25,29)(H,26,30)/t20?,21-/m1/s1. The third-order valence-electron chi connectivity index (χ3n) is 6.00. The van der Waals surface area contributed by atoms with Gasteiger partial charge in [-0.05, 0) is 48.9 Å². The second-order valence-corrected chi connectivity index (χ2v) is 8.27. The Labute approximate surface area is 184 Å². The second-order valence-electron chi connectivity index (χ2n) is 8.27. The minimum Gasteiger partial charge on any atom is -0.380 e. The largest absolute Gasteiger partial charge is 0.380 e. The van der Waals surface area contributed by atoms with Crippen molar-refractivity contribution >= 4 is 36.6 Å². The van der Waals surface area contributed by atoms with Crippen LogP contribution in [0.15, 0.2) is 42.5 Å². The molecule has 2 radical (unpaired) electrons. The number of fused-ring (bicyclic) bond motifs is 1. The summed E-state index contributed by atoms with van der Waals surface area (Å²) in [5.74, 6) is -0.208. The SMILES string of the molecule is [B]c1ccc(NC(=O)N2CC(OC)C[C@@H]2C(=O)Nc2ccc3c(c2)CCN(C)C3)cc1. The Balaban J connectivity index is 1.46. The normalized spacial score (nSPS) is 20.9. The lowest BCUT2D eigenvalue weighted by Gasteiger charge is -2.26. The van der Waals surface area contributed by atoms with E-state index in [0.717, 1.165) is 25.2 Å². The lowest BCUT2D eigenvalue weighted by Crippen LogP contribution is -2.45. The van der Waals surface area contributed by atoms with Gasteiger partial charge in [0.15, 0.2) is 0 Å². The molecule has 0 aliphatic carbocycles. The predicted octanol–water partition coefficient (Wildman–Crippen LogP) is 1.73. The number of carbonyl (C=O) groups is 2. The van der Waals surface area contributed by atoms with Crippen LogP contribution in [0.3, 0.4) is 0 Å². The molecule has 0 bridgehead atoms. The summed E-state index contributed by atoms with van der Waals surface area (Å²) in [6.45, 7) is 2.27. The molecule has 2 aromatic rings. The Hall–Kier alpha value is -2.84. The minimum absolute atomic E-state index is 0.188. The number of ether oxygens (including phenoxy) is 1. The highest BCUT2D eigenvalue weighted by atomic mass is 16.5. The number of urea groups is 1. The summed E-state index contributed by atoms with van der Waals surface area (Å²) in [4.78, 5) is 29.8. The number of nitrogens with one attached hydrogen (secondary N) is 2. The summed E-state index contributed by atoms with van der Waals surface area (Å²) in [7, 11) is 9.41. The molecule has 1 saturated heterocycles. The number of amides is 3. The van der Waals surface area contributed by atoms with Gasteiger partial charge in [0, 0.05) is 44.5 Å². The molecule has 2 aromatic carbocycles. The van der Waals surface area contributed by atoms with Crippen LogP contribution in [-0.2, 0) is 22.5 Å². The molecule has 0 spiro atoms. The van der Waals surface area contributed by atoms with Gasteiger partial charge in [0.1, 0.15) is 13.9 Å². The van der Waals surface area contributed by atoms with E-state index in [-0.39, 0.29) is 18.0 Å². The van der Waals surface area contributed by atoms with Gasteiger partial charge < -0.3 is 25.2 Å². The van der Waals surface area contributed by atoms with Crippen LogP contribution < -0.4 is 16.1 Å². The fourth-order valence-electron chi connectivity index (χ4n) is 4.20. The van der Waals surface area contributed by atoms with Gasteiger partial charge in [-0.2, -0.15) is 0 Å². The van der Waals surface area contributed by atoms with Gasteiger partial charge >= 0.3 is 6.03 Å². The first-order valence-corrected chi connectivity index (χ1v) is 10.5. The van der Waals surface area contributed by atoms with Crippen LogP contribution in [0.2, 0.25) is 0 Å². The maximum Gasteiger partial charge on any atom is 0.322 e. The van der Waals surface area contributed by atoms with Crippen LogP contribution in [-0.4, -0.2) is 69.0 Å². The monoisotopic (exact) mass is 418 g/mol. The Kier molecular flexibility index (Phi) is 6.29. The smallest absolute Gasteiger partial charge is 0.322 e. The van der Waals surface area contributed by atoms with Crippen molar-refractivity contribution in [3.63, 3.8) is 0 Å². The fraction of sp³-hybridized carbons (Fsp3) is 0.391. The Morgan fingerprint density at radius 3 is 2.55 bits per heavy atom. The van der Waals surface area contributed by atoms with Crippen molar-refractivity contribution in [2.75, 3.05) is 37.9 Å². The summed E-state index contributed by atoms with van der Waals surface area (Å²) < 4.78 is 5.45.